The van der Waals surface area contributed by atoms with Gasteiger partial charge in [0, 0.05) is 27.3 Å². The number of nitrogens with zero attached hydrogens (tertiary/aromatic N) is 2. The Kier molecular flexibility index (Phi) is 4.90. The molecule has 0 bridgehead atoms. The van der Waals surface area contributed by atoms with Crippen molar-refractivity contribution in [3.05, 3.63) is 10.6 Å². The molecule has 106 valence electrons. The van der Waals surface area contributed by atoms with Crippen molar-refractivity contribution in [2.24, 2.45) is 0 Å². The molecule has 1 aliphatic rings. The molecule has 19 heavy (non-hydrogen) atoms. The monoisotopic (exact) mass is 284 g/mol. The molecule has 0 aromatic carbocycles. The lowest BCUT2D eigenvalue weighted by atomic mass is 10.2. The summed E-state index contributed by atoms with van der Waals surface area (Å²) >= 11 is 1.46. The van der Waals surface area contributed by atoms with Gasteiger partial charge in [-0.05, 0) is 6.42 Å². The molecule has 5 nitrogen and oxygen atoms in total. The number of aldehydes is 1. The van der Waals surface area contributed by atoms with Gasteiger partial charge in [-0.15, -0.1) is 0 Å². The molecule has 0 spiro atoms. The number of methoxy groups -OCH3 is 2. The van der Waals surface area contributed by atoms with Crippen molar-refractivity contribution >= 4 is 22.8 Å². The number of hydrogen-bond donors (Lipinski definition) is 0. The first-order valence-electron chi connectivity index (χ1n) is 6.48. The van der Waals surface area contributed by atoms with Crippen LogP contribution in [0.5, 0.6) is 0 Å². The number of thiazole rings is 1. The maximum Gasteiger partial charge on any atom is 0.186 e. The molecule has 0 amide bonds. The summed E-state index contributed by atoms with van der Waals surface area (Å²) < 4.78 is 10.8. The van der Waals surface area contributed by atoms with Gasteiger partial charge >= 0.3 is 0 Å². The third-order valence-corrected chi connectivity index (χ3v) is 4.49. The van der Waals surface area contributed by atoms with E-state index >= 15 is 0 Å². The van der Waals surface area contributed by atoms with Crippen LogP contribution in [-0.4, -0.2) is 50.8 Å². The van der Waals surface area contributed by atoms with Crippen molar-refractivity contribution in [3.63, 3.8) is 0 Å². The second-order valence-electron chi connectivity index (χ2n) is 4.63. The fourth-order valence-corrected chi connectivity index (χ4v) is 3.29. The molecule has 1 fully saturated rings. The number of rotatable bonds is 6. The van der Waals surface area contributed by atoms with Crippen LogP contribution in [0.2, 0.25) is 0 Å². The SMILES string of the molecule is CCCc1nc(N2CC(OC)C(OC)C2)sc1C=O. The molecule has 1 aliphatic heterocycles. The van der Waals surface area contributed by atoms with E-state index in [0.717, 1.165) is 47.9 Å². The molecule has 0 saturated carbocycles. The zero-order chi connectivity index (χ0) is 13.8. The number of ether oxygens (including phenoxy) is 2. The Morgan fingerprint density at radius 3 is 2.47 bits per heavy atom. The number of aryl methyl sites for hydroxylation is 1. The minimum Gasteiger partial charge on any atom is -0.377 e. The van der Waals surface area contributed by atoms with Gasteiger partial charge in [-0.2, -0.15) is 0 Å². The van der Waals surface area contributed by atoms with Crippen LogP contribution in [0.3, 0.4) is 0 Å². The minimum absolute atomic E-state index is 0.0585. The van der Waals surface area contributed by atoms with Crippen LogP contribution in [-0.2, 0) is 15.9 Å². The molecule has 1 aromatic heterocycles. The predicted octanol–water partition coefficient (Wildman–Crippen LogP) is 1.76. The van der Waals surface area contributed by atoms with Crippen molar-refractivity contribution in [2.75, 3.05) is 32.2 Å². The number of carbonyl (C=O) groups is 1. The van der Waals surface area contributed by atoms with E-state index in [1.165, 1.54) is 11.3 Å². The third-order valence-electron chi connectivity index (χ3n) is 3.40. The lowest BCUT2D eigenvalue weighted by Crippen LogP contribution is -2.27. The van der Waals surface area contributed by atoms with E-state index in [0.29, 0.717) is 0 Å². The van der Waals surface area contributed by atoms with Crippen LogP contribution in [0.4, 0.5) is 5.13 Å². The highest BCUT2D eigenvalue weighted by atomic mass is 32.1. The van der Waals surface area contributed by atoms with Gasteiger partial charge in [-0.3, -0.25) is 4.79 Å². The van der Waals surface area contributed by atoms with Crippen molar-refractivity contribution in [3.8, 4) is 0 Å². The van der Waals surface area contributed by atoms with E-state index in [4.69, 9.17) is 9.47 Å². The van der Waals surface area contributed by atoms with Crippen molar-refractivity contribution in [2.45, 2.75) is 32.0 Å². The number of hydrogen-bond acceptors (Lipinski definition) is 6. The first kappa shape index (κ1) is 14.4. The molecule has 0 N–H and O–H groups in total. The van der Waals surface area contributed by atoms with Crippen molar-refractivity contribution < 1.29 is 14.3 Å². The van der Waals surface area contributed by atoms with E-state index in [-0.39, 0.29) is 12.2 Å². The fraction of sp³-hybridized carbons (Fsp3) is 0.692. The number of carbonyl (C=O) groups excluding carboxylic acids is 1. The van der Waals surface area contributed by atoms with Crippen LogP contribution in [0.1, 0.15) is 28.7 Å². The average molecular weight is 284 g/mol. The Morgan fingerprint density at radius 1 is 1.37 bits per heavy atom. The molecule has 2 rings (SSSR count). The third kappa shape index (κ3) is 2.96. The standard InChI is InChI=1S/C13H20N2O3S/c1-4-5-9-12(8-16)19-13(14-9)15-6-10(17-2)11(7-15)18-3/h8,10-11H,4-7H2,1-3H3. The average Bonchev–Trinajstić information content (AvgIpc) is 3.01. The highest BCUT2D eigenvalue weighted by molar-refractivity contribution is 7.17. The maximum absolute atomic E-state index is 11.1. The van der Waals surface area contributed by atoms with Gasteiger partial charge in [-0.25, -0.2) is 4.98 Å². The summed E-state index contributed by atoms with van der Waals surface area (Å²) in [4.78, 5) is 18.5. The van der Waals surface area contributed by atoms with Gasteiger partial charge in [0.2, 0.25) is 0 Å². The van der Waals surface area contributed by atoms with Gasteiger partial charge in [0.15, 0.2) is 11.4 Å². The Labute approximate surface area is 117 Å². The summed E-state index contributed by atoms with van der Waals surface area (Å²) in [6, 6.07) is 0. The normalized spacial score (nSPS) is 23.0. The molecule has 0 radical (unpaired) electrons. The highest BCUT2D eigenvalue weighted by Gasteiger charge is 2.34. The molecule has 1 saturated heterocycles. The molecular formula is C13H20N2O3S. The minimum atomic E-state index is 0.0585. The summed E-state index contributed by atoms with van der Waals surface area (Å²) in [7, 11) is 3.39. The van der Waals surface area contributed by atoms with Crippen LogP contribution in [0.25, 0.3) is 0 Å². The van der Waals surface area contributed by atoms with Crippen LogP contribution < -0.4 is 4.90 Å². The summed E-state index contributed by atoms with van der Waals surface area (Å²) in [5.41, 5.74) is 0.910. The highest BCUT2D eigenvalue weighted by Crippen LogP contribution is 2.30. The Hall–Kier alpha value is -0.980. The van der Waals surface area contributed by atoms with E-state index in [1.807, 2.05) is 0 Å². The Morgan fingerprint density at radius 2 is 2.00 bits per heavy atom. The summed E-state index contributed by atoms with van der Waals surface area (Å²) in [5.74, 6) is 0. The van der Waals surface area contributed by atoms with Crippen LogP contribution >= 0.6 is 11.3 Å². The molecular weight excluding hydrogens is 264 g/mol. The largest absolute Gasteiger partial charge is 0.377 e. The summed E-state index contributed by atoms with van der Waals surface area (Å²) in [6.07, 6.45) is 2.86. The zero-order valence-electron chi connectivity index (χ0n) is 11.6. The van der Waals surface area contributed by atoms with Gasteiger partial charge < -0.3 is 14.4 Å². The van der Waals surface area contributed by atoms with Gasteiger partial charge in [0.1, 0.15) is 12.2 Å². The molecule has 2 heterocycles. The second kappa shape index (κ2) is 6.45. The molecule has 1 aromatic rings. The molecule has 2 unspecified atom stereocenters. The van der Waals surface area contributed by atoms with E-state index in [1.54, 1.807) is 14.2 Å². The van der Waals surface area contributed by atoms with Crippen LogP contribution in [0.15, 0.2) is 0 Å². The number of aromatic nitrogens is 1. The molecule has 0 aliphatic carbocycles. The predicted molar refractivity (Wildman–Crippen MR) is 75.3 cm³/mol. The number of anilines is 1. The van der Waals surface area contributed by atoms with E-state index in [2.05, 4.69) is 16.8 Å². The fourth-order valence-electron chi connectivity index (χ4n) is 2.35. The van der Waals surface area contributed by atoms with Crippen molar-refractivity contribution in [1.82, 2.24) is 4.98 Å². The smallest absolute Gasteiger partial charge is 0.186 e. The molecule has 2 atom stereocenters. The molecule has 6 heteroatoms. The van der Waals surface area contributed by atoms with Crippen LogP contribution in [0, 0.1) is 0 Å². The summed E-state index contributed by atoms with van der Waals surface area (Å²) in [6.45, 7) is 3.60. The second-order valence-corrected chi connectivity index (χ2v) is 5.64. The lowest BCUT2D eigenvalue weighted by Gasteiger charge is -2.13. The zero-order valence-corrected chi connectivity index (χ0v) is 12.4. The van der Waals surface area contributed by atoms with Crippen molar-refractivity contribution in [1.29, 1.82) is 0 Å². The summed E-state index contributed by atoms with van der Waals surface area (Å²) in [5, 5.41) is 0.896. The lowest BCUT2D eigenvalue weighted by molar-refractivity contribution is -0.00461. The van der Waals surface area contributed by atoms with E-state index in [9.17, 15) is 4.79 Å². The Balaban J connectivity index is 2.16. The Bertz CT molecular complexity index is 424. The quantitative estimate of drug-likeness (QED) is 0.745. The maximum atomic E-state index is 11.1. The van der Waals surface area contributed by atoms with Gasteiger partial charge in [-0.1, -0.05) is 24.7 Å². The topological polar surface area (TPSA) is 51.7 Å². The first-order valence-corrected chi connectivity index (χ1v) is 7.30. The van der Waals surface area contributed by atoms with Gasteiger partial charge in [0.25, 0.3) is 0 Å². The first-order chi connectivity index (χ1) is 9.23. The van der Waals surface area contributed by atoms with E-state index < -0.39 is 0 Å². The van der Waals surface area contributed by atoms with Gasteiger partial charge in [0.05, 0.1) is 10.6 Å².